The third-order valence-corrected chi connectivity index (χ3v) is 9.93. The molecule has 0 aliphatic heterocycles. The predicted molar refractivity (Wildman–Crippen MR) is 176 cm³/mol. The van der Waals surface area contributed by atoms with Gasteiger partial charge in [-0.25, -0.2) is 0 Å². The van der Waals surface area contributed by atoms with Crippen molar-refractivity contribution in [2.24, 2.45) is 28.1 Å². The number of phenolic OH excluding ortho intramolecular Hbond substituents is 2. The molecule has 0 amide bonds. The van der Waals surface area contributed by atoms with Gasteiger partial charge in [0.05, 0.1) is 5.41 Å². The number of hydrogen-bond acceptors (Lipinski definition) is 6. The van der Waals surface area contributed by atoms with Crippen LogP contribution in [0.1, 0.15) is 105 Å². The lowest BCUT2D eigenvalue weighted by molar-refractivity contribution is -0.172. The quantitative estimate of drug-likeness (QED) is 0.0766. The van der Waals surface area contributed by atoms with E-state index in [1.165, 1.54) is 17.7 Å². The Hall–Kier alpha value is -3.67. The molecule has 1 aromatic rings. The molecule has 0 heterocycles. The fourth-order valence-corrected chi connectivity index (χ4v) is 7.27. The number of carbonyl (C=O) groups excluding carboxylic acids is 3. The number of ketones is 3. The van der Waals surface area contributed by atoms with Crippen molar-refractivity contribution in [3.63, 3.8) is 0 Å². The highest BCUT2D eigenvalue weighted by atomic mass is 16.3. The molecule has 0 spiro atoms. The highest BCUT2D eigenvalue weighted by Crippen LogP contribution is 2.67. The second-order valence-corrected chi connectivity index (χ2v) is 14.3. The van der Waals surface area contributed by atoms with Crippen LogP contribution in [0.2, 0.25) is 0 Å². The van der Waals surface area contributed by atoms with Crippen molar-refractivity contribution in [2.75, 3.05) is 0 Å². The number of Topliss-reactive ketones (excluding diaryl/α,β-unsaturated/α-hetero) is 3. The largest absolute Gasteiger partial charge is 0.510 e. The minimum absolute atomic E-state index is 0.0613. The van der Waals surface area contributed by atoms with Crippen LogP contribution in [-0.2, 0) is 9.59 Å². The highest BCUT2D eigenvalue weighted by Gasteiger charge is 2.72. The number of aliphatic hydroxyl groups excluding tert-OH is 1. The van der Waals surface area contributed by atoms with Gasteiger partial charge in [-0.1, -0.05) is 60.9 Å². The number of aromatic hydroxyl groups is 2. The summed E-state index contributed by atoms with van der Waals surface area (Å²) in [4.78, 5) is 44.3. The maximum Gasteiger partial charge on any atom is 0.200 e. The molecule has 4 unspecified atom stereocenters. The van der Waals surface area contributed by atoms with Crippen LogP contribution < -0.4 is 0 Å². The SMILES string of the molecule is C=C(C)C(C=C(C)C)CC12CC(CCC=C(C)C)C(C)(C)C(CC=C(C)C)(C(=O)C(C(=O)c3ccc(O)c(O)c3)=C1O)C2=O. The molecule has 2 aliphatic rings. The van der Waals surface area contributed by atoms with Crippen LogP contribution in [0.3, 0.4) is 0 Å². The van der Waals surface area contributed by atoms with E-state index in [9.17, 15) is 24.9 Å². The first-order valence-corrected chi connectivity index (χ1v) is 15.5. The molecule has 1 saturated carbocycles. The third kappa shape index (κ3) is 6.00. The number of benzene rings is 1. The molecule has 0 radical (unpaired) electrons. The molecule has 6 heteroatoms. The Morgan fingerprint density at radius 1 is 0.955 bits per heavy atom. The lowest BCUT2D eigenvalue weighted by atomic mass is 9.39. The average Bonchev–Trinajstić information content (AvgIpc) is 2.91. The Bertz CT molecular complexity index is 1490. The first-order valence-electron chi connectivity index (χ1n) is 15.5. The smallest absolute Gasteiger partial charge is 0.200 e. The number of carbonyl (C=O) groups is 3. The van der Waals surface area contributed by atoms with Gasteiger partial charge in [-0.3, -0.25) is 14.4 Å². The summed E-state index contributed by atoms with van der Waals surface area (Å²) in [7, 11) is 0. The minimum Gasteiger partial charge on any atom is -0.510 e. The van der Waals surface area contributed by atoms with E-state index in [4.69, 9.17) is 0 Å². The zero-order valence-corrected chi connectivity index (χ0v) is 27.9. The van der Waals surface area contributed by atoms with E-state index >= 15 is 4.79 Å². The molecule has 4 atom stereocenters. The zero-order chi connectivity index (χ0) is 33.4. The summed E-state index contributed by atoms with van der Waals surface area (Å²) in [5.41, 5.74) is -0.488. The fourth-order valence-electron chi connectivity index (χ4n) is 7.27. The van der Waals surface area contributed by atoms with Gasteiger partial charge < -0.3 is 15.3 Å². The second kappa shape index (κ2) is 12.7. The van der Waals surface area contributed by atoms with Gasteiger partial charge >= 0.3 is 0 Å². The second-order valence-electron chi connectivity index (χ2n) is 14.3. The van der Waals surface area contributed by atoms with Crippen molar-refractivity contribution in [3.8, 4) is 11.5 Å². The molecular weight excluding hydrogens is 552 g/mol. The van der Waals surface area contributed by atoms with Gasteiger partial charge in [-0.05, 0) is 116 Å². The van der Waals surface area contributed by atoms with Crippen molar-refractivity contribution >= 4 is 17.3 Å². The van der Waals surface area contributed by atoms with Crippen LogP contribution in [0.15, 0.2) is 76.6 Å². The Kier molecular flexibility index (Phi) is 10.1. The maximum atomic E-state index is 15.2. The Labute approximate surface area is 263 Å². The number of rotatable bonds is 11. The molecule has 1 fully saturated rings. The van der Waals surface area contributed by atoms with Crippen LogP contribution in [0.5, 0.6) is 11.5 Å². The molecule has 1 aromatic carbocycles. The number of hydrogen-bond donors (Lipinski definition) is 3. The summed E-state index contributed by atoms with van der Waals surface area (Å²) >= 11 is 0. The van der Waals surface area contributed by atoms with Gasteiger partial charge in [0.15, 0.2) is 28.8 Å². The molecule has 6 nitrogen and oxygen atoms in total. The monoisotopic (exact) mass is 602 g/mol. The zero-order valence-electron chi connectivity index (χ0n) is 27.9. The van der Waals surface area contributed by atoms with Gasteiger partial charge in [0.1, 0.15) is 16.7 Å². The van der Waals surface area contributed by atoms with Crippen molar-refractivity contribution in [2.45, 2.75) is 94.4 Å². The summed E-state index contributed by atoms with van der Waals surface area (Å²) in [6, 6.07) is 3.56. The summed E-state index contributed by atoms with van der Waals surface area (Å²) in [6.45, 7) is 21.8. The Balaban J connectivity index is 2.46. The van der Waals surface area contributed by atoms with E-state index in [1.807, 2.05) is 74.5 Å². The summed E-state index contributed by atoms with van der Waals surface area (Å²) in [6.07, 6.45) is 8.10. The molecule has 238 valence electrons. The minimum atomic E-state index is -1.61. The lowest BCUT2D eigenvalue weighted by Gasteiger charge is -2.60. The van der Waals surface area contributed by atoms with Crippen LogP contribution >= 0.6 is 0 Å². The summed E-state index contributed by atoms with van der Waals surface area (Å²) in [5, 5.41) is 32.3. The number of phenols is 2. The Morgan fingerprint density at radius 2 is 1.57 bits per heavy atom. The molecule has 44 heavy (non-hydrogen) atoms. The van der Waals surface area contributed by atoms with E-state index in [-0.39, 0.29) is 42.4 Å². The van der Waals surface area contributed by atoms with Crippen LogP contribution in [0, 0.1) is 28.1 Å². The van der Waals surface area contributed by atoms with Gasteiger partial charge in [-0.15, -0.1) is 0 Å². The molecule has 2 bridgehead atoms. The van der Waals surface area contributed by atoms with E-state index in [1.54, 1.807) is 0 Å². The fraction of sp³-hybridized carbons (Fsp3) is 0.500. The van der Waals surface area contributed by atoms with Crippen molar-refractivity contribution in [1.82, 2.24) is 0 Å². The van der Waals surface area contributed by atoms with E-state index in [0.717, 1.165) is 29.2 Å². The first-order chi connectivity index (χ1) is 20.3. The number of aliphatic hydroxyl groups is 1. The van der Waals surface area contributed by atoms with Crippen molar-refractivity contribution in [1.29, 1.82) is 0 Å². The highest BCUT2D eigenvalue weighted by molar-refractivity contribution is 6.35. The van der Waals surface area contributed by atoms with Crippen LogP contribution in [0.4, 0.5) is 0 Å². The van der Waals surface area contributed by atoms with Crippen molar-refractivity contribution in [3.05, 3.63) is 82.2 Å². The Morgan fingerprint density at radius 3 is 2.09 bits per heavy atom. The van der Waals surface area contributed by atoms with Gasteiger partial charge in [-0.2, -0.15) is 0 Å². The summed E-state index contributed by atoms with van der Waals surface area (Å²) in [5.74, 6) is -3.64. The topological polar surface area (TPSA) is 112 Å². The average molecular weight is 603 g/mol. The van der Waals surface area contributed by atoms with E-state index in [0.29, 0.717) is 6.42 Å². The van der Waals surface area contributed by atoms with Crippen LogP contribution in [0.25, 0.3) is 0 Å². The van der Waals surface area contributed by atoms with E-state index < -0.39 is 50.6 Å². The number of allylic oxidation sites excluding steroid dienone is 9. The molecule has 3 N–H and O–H groups in total. The maximum absolute atomic E-state index is 15.2. The van der Waals surface area contributed by atoms with Gasteiger partial charge in [0, 0.05) is 5.56 Å². The first kappa shape index (κ1) is 34.8. The molecule has 2 aliphatic carbocycles. The summed E-state index contributed by atoms with van der Waals surface area (Å²) < 4.78 is 0. The third-order valence-electron chi connectivity index (χ3n) is 9.93. The lowest BCUT2D eigenvalue weighted by Crippen LogP contribution is -2.67. The normalized spacial score (nSPS) is 24.8. The van der Waals surface area contributed by atoms with Gasteiger partial charge in [0.25, 0.3) is 0 Å². The molecule has 3 rings (SSSR count). The molecule has 0 saturated heterocycles. The van der Waals surface area contributed by atoms with Crippen molar-refractivity contribution < 1.29 is 29.7 Å². The van der Waals surface area contributed by atoms with Gasteiger partial charge in [0.2, 0.25) is 0 Å². The number of fused-ring (bicyclic) bond motifs is 2. The predicted octanol–water partition coefficient (Wildman–Crippen LogP) is 8.91. The molecule has 0 aromatic heterocycles. The molecular formula is C38H50O6. The van der Waals surface area contributed by atoms with E-state index in [2.05, 4.69) is 12.7 Å². The van der Waals surface area contributed by atoms with Crippen LogP contribution in [-0.4, -0.2) is 32.7 Å². The standard InChI is InChI=1S/C38H50O6/c1-22(2)12-11-13-28-21-37(20-27(25(7)8)18-24(5)6)33(42)31(32(41)26-14-15-29(39)30(40)19-26)34(43)38(35(37)44,36(28,9)10)17-16-23(3)4/h12,14-16,18-19,27-28,39-40,42H,7,11,13,17,20-21H2,1-6,8-10H3.